The van der Waals surface area contributed by atoms with Gasteiger partial charge in [0, 0.05) is 19.1 Å². The fourth-order valence-corrected chi connectivity index (χ4v) is 2.99. The SMILES string of the molecule is CN=C(NCCOc1ccccc1)NCC(C)(C)NS(C)(=O)=O. The monoisotopic (exact) mass is 342 g/mol. The average Bonchev–Trinajstić information content (AvgIpc) is 2.45. The maximum Gasteiger partial charge on any atom is 0.209 e. The Bertz CT molecular complexity index is 600. The number of ether oxygens (including phenoxy) is 1. The smallest absolute Gasteiger partial charge is 0.209 e. The van der Waals surface area contributed by atoms with Crippen LogP contribution in [0.4, 0.5) is 0 Å². The molecule has 0 bridgehead atoms. The van der Waals surface area contributed by atoms with Crippen LogP contribution in [0.15, 0.2) is 35.3 Å². The number of hydrogen-bond acceptors (Lipinski definition) is 4. The first-order valence-electron chi connectivity index (χ1n) is 7.33. The first-order chi connectivity index (χ1) is 10.7. The molecule has 0 spiro atoms. The predicted octanol–water partition coefficient (Wildman–Crippen LogP) is 0.558. The Morgan fingerprint density at radius 1 is 1.22 bits per heavy atom. The van der Waals surface area contributed by atoms with Crippen molar-refractivity contribution in [1.29, 1.82) is 0 Å². The molecule has 8 heteroatoms. The molecule has 23 heavy (non-hydrogen) atoms. The van der Waals surface area contributed by atoms with Gasteiger partial charge in [-0.2, -0.15) is 0 Å². The van der Waals surface area contributed by atoms with E-state index in [-0.39, 0.29) is 0 Å². The summed E-state index contributed by atoms with van der Waals surface area (Å²) in [6, 6.07) is 9.56. The summed E-state index contributed by atoms with van der Waals surface area (Å²) in [7, 11) is -1.60. The molecule has 0 fully saturated rings. The first-order valence-corrected chi connectivity index (χ1v) is 9.22. The van der Waals surface area contributed by atoms with Crippen LogP contribution in [0.3, 0.4) is 0 Å². The lowest BCUT2D eigenvalue weighted by Crippen LogP contribution is -2.53. The molecule has 0 atom stereocenters. The molecule has 0 amide bonds. The summed E-state index contributed by atoms with van der Waals surface area (Å²) in [5.74, 6) is 1.40. The molecule has 1 aromatic rings. The van der Waals surface area contributed by atoms with Crippen molar-refractivity contribution in [2.24, 2.45) is 4.99 Å². The maximum atomic E-state index is 11.3. The predicted molar refractivity (Wildman–Crippen MR) is 93.4 cm³/mol. The highest BCUT2D eigenvalue weighted by Gasteiger charge is 2.22. The van der Waals surface area contributed by atoms with Gasteiger partial charge in [-0.05, 0) is 26.0 Å². The van der Waals surface area contributed by atoms with Crippen molar-refractivity contribution < 1.29 is 13.2 Å². The fraction of sp³-hybridized carbons (Fsp3) is 0.533. The fourth-order valence-electron chi connectivity index (χ4n) is 1.92. The van der Waals surface area contributed by atoms with E-state index in [2.05, 4.69) is 20.3 Å². The molecule has 0 aliphatic carbocycles. The van der Waals surface area contributed by atoms with Gasteiger partial charge in [0.05, 0.1) is 12.8 Å². The molecule has 0 aliphatic rings. The van der Waals surface area contributed by atoms with E-state index in [1.54, 1.807) is 20.9 Å². The zero-order valence-electron chi connectivity index (χ0n) is 14.1. The quantitative estimate of drug-likeness (QED) is 0.365. The number of aliphatic imine (C=N–C) groups is 1. The second-order valence-corrected chi connectivity index (χ2v) is 7.52. The van der Waals surface area contributed by atoms with Crippen molar-refractivity contribution in [3.8, 4) is 5.75 Å². The van der Waals surface area contributed by atoms with Crippen molar-refractivity contribution >= 4 is 16.0 Å². The molecule has 130 valence electrons. The Labute approximate surface area is 138 Å². The molecular formula is C15H26N4O3S. The molecule has 0 saturated carbocycles. The van der Waals surface area contributed by atoms with Crippen LogP contribution in [-0.4, -0.2) is 52.9 Å². The van der Waals surface area contributed by atoms with Gasteiger partial charge in [0.15, 0.2) is 5.96 Å². The maximum absolute atomic E-state index is 11.3. The Morgan fingerprint density at radius 3 is 2.43 bits per heavy atom. The van der Waals surface area contributed by atoms with Gasteiger partial charge < -0.3 is 15.4 Å². The standard InChI is InChI=1S/C15H26N4O3S/c1-15(2,19-23(4,20)21)12-18-14(16-3)17-10-11-22-13-8-6-5-7-9-13/h5-9,19H,10-12H2,1-4H3,(H2,16,17,18). The van der Waals surface area contributed by atoms with Crippen LogP contribution < -0.4 is 20.1 Å². The summed E-state index contributed by atoms with van der Waals surface area (Å²) in [6.45, 7) is 5.07. The highest BCUT2D eigenvalue weighted by Crippen LogP contribution is 2.07. The lowest BCUT2D eigenvalue weighted by Gasteiger charge is -2.26. The molecule has 3 N–H and O–H groups in total. The summed E-state index contributed by atoms with van der Waals surface area (Å²) in [4.78, 5) is 4.09. The summed E-state index contributed by atoms with van der Waals surface area (Å²) in [5, 5.41) is 6.20. The summed E-state index contributed by atoms with van der Waals surface area (Å²) in [5.41, 5.74) is -0.619. The van der Waals surface area contributed by atoms with Crippen LogP contribution in [0.25, 0.3) is 0 Å². The number of guanidine groups is 1. The lowest BCUT2D eigenvalue weighted by molar-refractivity contribution is 0.321. The minimum atomic E-state index is -3.26. The van der Waals surface area contributed by atoms with Gasteiger partial charge >= 0.3 is 0 Å². The van der Waals surface area contributed by atoms with E-state index >= 15 is 0 Å². The molecule has 0 saturated heterocycles. The number of hydrogen-bond donors (Lipinski definition) is 3. The van der Waals surface area contributed by atoms with Crippen LogP contribution in [0.5, 0.6) is 5.75 Å². The number of benzene rings is 1. The molecule has 1 rings (SSSR count). The molecule has 7 nitrogen and oxygen atoms in total. The minimum absolute atomic E-state index is 0.402. The van der Waals surface area contributed by atoms with E-state index in [1.165, 1.54) is 0 Å². The zero-order chi connectivity index (χ0) is 17.3. The Hall–Kier alpha value is -1.80. The van der Waals surface area contributed by atoms with Gasteiger partial charge in [-0.3, -0.25) is 4.99 Å². The van der Waals surface area contributed by atoms with E-state index in [9.17, 15) is 8.42 Å². The van der Waals surface area contributed by atoms with Crippen molar-refractivity contribution in [3.63, 3.8) is 0 Å². The number of nitrogens with zero attached hydrogens (tertiary/aromatic N) is 1. The second-order valence-electron chi connectivity index (χ2n) is 5.77. The van der Waals surface area contributed by atoms with Crippen LogP contribution in [0.2, 0.25) is 0 Å². The average molecular weight is 342 g/mol. The van der Waals surface area contributed by atoms with Crippen molar-refractivity contribution in [3.05, 3.63) is 30.3 Å². The Morgan fingerprint density at radius 2 is 1.87 bits per heavy atom. The van der Waals surface area contributed by atoms with Crippen molar-refractivity contribution in [1.82, 2.24) is 15.4 Å². The molecule has 0 unspecified atom stereocenters. The van der Waals surface area contributed by atoms with Gasteiger partial charge in [0.2, 0.25) is 10.0 Å². The van der Waals surface area contributed by atoms with Crippen LogP contribution in [0.1, 0.15) is 13.8 Å². The lowest BCUT2D eigenvalue weighted by atomic mass is 10.1. The molecule has 1 aromatic carbocycles. The van der Waals surface area contributed by atoms with Gasteiger partial charge in [-0.25, -0.2) is 13.1 Å². The molecule has 0 aromatic heterocycles. The van der Waals surface area contributed by atoms with Gasteiger partial charge in [-0.15, -0.1) is 0 Å². The third kappa shape index (κ3) is 9.04. The molecule has 0 heterocycles. The first kappa shape index (κ1) is 19.2. The van der Waals surface area contributed by atoms with Gasteiger partial charge in [0.1, 0.15) is 12.4 Å². The zero-order valence-corrected chi connectivity index (χ0v) is 14.9. The van der Waals surface area contributed by atoms with E-state index in [4.69, 9.17) is 4.74 Å². The van der Waals surface area contributed by atoms with E-state index in [0.717, 1.165) is 12.0 Å². The third-order valence-electron chi connectivity index (χ3n) is 2.79. The third-order valence-corrected chi connectivity index (χ3v) is 3.71. The van der Waals surface area contributed by atoms with Crippen LogP contribution in [-0.2, 0) is 10.0 Å². The number of rotatable bonds is 8. The van der Waals surface area contributed by atoms with E-state index < -0.39 is 15.6 Å². The Kier molecular flexibility index (Phi) is 7.31. The van der Waals surface area contributed by atoms with Gasteiger partial charge in [-0.1, -0.05) is 18.2 Å². The van der Waals surface area contributed by atoms with E-state index in [1.807, 2.05) is 30.3 Å². The van der Waals surface area contributed by atoms with Crippen LogP contribution >= 0.6 is 0 Å². The largest absolute Gasteiger partial charge is 0.492 e. The van der Waals surface area contributed by atoms with E-state index in [0.29, 0.717) is 25.7 Å². The molecule has 0 aliphatic heterocycles. The Balaban J connectivity index is 2.32. The highest BCUT2D eigenvalue weighted by atomic mass is 32.2. The van der Waals surface area contributed by atoms with Gasteiger partial charge in [0.25, 0.3) is 0 Å². The second kappa shape index (κ2) is 8.73. The summed E-state index contributed by atoms with van der Waals surface area (Å²) in [6.07, 6.45) is 1.14. The number of para-hydroxylation sites is 1. The normalized spacial score (nSPS) is 12.8. The highest BCUT2D eigenvalue weighted by molar-refractivity contribution is 7.88. The minimum Gasteiger partial charge on any atom is -0.492 e. The topological polar surface area (TPSA) is 91.8 Å². The number of nitrogens with one attached hydrogen (secondary N) is 3. The van der Waals surface area contributed by atoms with Crippen LogP contribution in [0, 0.1) is 0 Å². The molecular weight excluding hydrogens is 316 g/mol. The van der Waals surface area contributed by atoms with Crippen molar-refractivity contribution in [2.45, 2.75) is 19.4 Å². The van der Waals surface area contributed by atoms with Crippen molar-refractivity contribution in [2.75, 3.05) is 33.0 Å². The number of sulfonamides is 1. The summed E-state index contributed by atoms with van der Waals surface area (Å²) < 4.78 is 30.8. The molecule has 0 radical (unpaired) electrons. The summed E-state index contributed by atoms with van der Waals surface area (Å²) >= 11 is 0.